The van der Waals surface area contributed by atoms with Gasteiger partial charge in [-0.05, 0) is 42.0 Å². The highest BCUT2D eigenvalue weighted by Gasteiger charge is 2.17. The van der Waals surface area contributed by atoms with Crippen LogP contribution in [-0.4, -0.2) is 32.8 Å². The van der Waals surface area contributed by atoms with Gasteiger partial charge < -0.3 is 4.74 Å². The van der Waals surface area contributed by atoms with Gasteiger partial charge in [0.05, 0.1) is 10.5 Å². The van der Waals surface area contributed by atoms with Gasteiger partial charge in [-0.1, -0.05) is 12.1 Å². The van der Waals surface area contributed by atoms with Crippen molar-refractivity contribution < 1.29 is 22.3 Å². The highest BCUT2D eigenvalue weighted by molar-refractivity contribution is 7.89. The Kier molecular flexibility index (Phi) is 5.12. The fourth-order valence-corrected chi connectivity index (χ4v) is 2.69. The molecule has 0 amide bonds. The zero-order chi connectivity index (χ0) is 17.0. The lowest BCUT2D eigenvalue weighted by Crippen LogP contribution is -2.22. The maximum absolute atomic E-state index is 12.8. The van der Waals surface area contributed by atoms with Crippen molar-refractivity contribution in [2.45, 2.75) is 11.5 Å². The molecule has 122 valence electrons. The van der Waals surface area contributed by atoms with Gasteiger partial charge in [0, 0.05) is 14.1 Å². The number of ether oxygens (including phenoxy) is 1. The molecule has 0 fully saturated rings. The molecule has 0 aliphatic heterocycles. The molecule has 0 bridgehead atoms. The van der Waals surface area contributed by atoms with Crippen LogP contribution in [0.2, 0.25) is 0 Å². The van der Waals surface area contributed by atoms with Gasteiger partial charge in [0.2, 0.25) is 10.0 Å². The molecule has 0 atom stereocenters. The van der Waals surface area contributed by atoms with Crippen molar-refractivity contribution in [2.75, 3.05) is 14.1 Å². The summed E-state index contributed by atoms with van der Waals surface area (Å²) in [5, 5.41) is 0. The summed E-state index contributed by atoms with van der Waals surface area (Å²) in [6.07, 6.45) is 0. The van der Waals surface area contributed by atoms with E-state index >= 15 is 0 Å². The van der Waals surface area contributed by atoms with Gasteiger partial charge in [0.1, 0.15) is 12.4 Å². The van der Waals surface area contributed by atoms with Crippen LogP contribution in [0, 0.1) is 5.82 Å². The number of carbonyl (C=O) groups is 1. The van der Waals surface area contributed by atoms with Gasteiger partial charge in [-0.3, -0.25) is 0 Å². The van der Waals surface area contributed by atoms with Crippen LogP contribution in [0.1, 0.15) is 15.9 Å². The molecule has 0 aliphatic rings. The first kappa shape index (κ1) is 17.1. The number of nitrogens with zero attached hydrogens (tertiary/aromatic N) is 1. The second-order valence-corrected chi connectivity index (χ2v) is 7.17. The van der Waals surface area contributed by atoms with Gasteiger partial charge in [-0.2, -0.15) is 0 Å². The SMILES string of the molecule is CN(C)S(=O)(=O)c1ccc(C(=O)OCc2ccc(F)cc2)cc1. The molecule has 0 saturated carbocycles. The number of rotatable bonds is 5. The van der Waals surface area contributed by atoms with E-state index in [9.17, 15) is 17.6 Å². The van der Waals surface area contributed by atoms with Crippen molar-refractivity contribution in [1.82, 2.24) is 4.31 Å². The average molecular weight is 337 g/mol. The predicted octanol–water partition coefficient (Wildman–Crippen LogP) is 2.43. The van der Waals surface area contributed by atoms with E-state index in [1.54, 1.807) is 0 Å². The third kappa shape index (κ3) is 4.14. The molecule has 2 aromatic carbocycles. The first-order chi connectivity index (χ1) is 10.8. The fraction of sp³-hybridized carbons (Fsp3) is 0.188. The molecule has 0 N–H and O–H groups in total. The number of carbonyl (C=O) groups excluding carboxylic acids is 1. The second-order valence-electron chi connectivity index (χ2n) is 5.01. The highest BCUT2D eigenvalue weighted by atomic mass is 32.2. The summed E-state index contributed by atoms with van der Waals surface area (Å²) in [6, 6.07) is 11.1. The lowest BCUT2D eigenvalue weighted by Gasteiger charge is -2.11. The summed E-state index contributed by atoms with van der Waals surface area (Å²) in [6.45, 7) is 0.0108. The normalized spacial score (nSPS) is 11.5. The number of hydrogen-bond acceptors (Lipinski definition) is 4. The fourth-order valence-electron chi connectivity index (χ4n) is 1.79. The minimum atomic E-state index is -3.53. The van der Waals surface area contributed by atoms with Gasteiger partial charge in [-0.25, -0.2) is 21.9 Å². The van der Waals surface area contributed by atoms with Gasteiger partial charge in [0.15, 0.2) is 0 Å². The summed E-state index contributed by atoms with van der Waals surface area (Å²) in [5.41, 5.74) is 0.899. The first-order valence-corrected chi connectivity index (χ1v) is 8.19. The summed E-state index contributed by atoms with van der Waals surface area (Å²) < 4.78 is 42.8. The maximum atomic E-state index is 12.8. The summed E-state index contributed by atoms with van der Waals surface area (Å²) in [4.78, 5) is 12.0. The third-order valence-electron chi connectivity index (χ3n) is 3.15. The van der Waals surface area contributed by atoms with Gasteiger partial charge in [0.25, 0.3) is 0 Å². The van der Waals surface area contributed by atoms with E-state index in [1.807, 2.05) is 0 Å². The molecule has 2 rings (SSSR count). The average Bonchev–Trinajstić information content (AvgIpc) is 2.54. The molecule has 0 unspecified atom stereocenters. The largest absolute Gasteiger partial charge is 0.457 e. The van der Waals surface area contributed by atoms with E-state index < -0.39 is 16.0 Å². The third-order valence-corrected chi connectivity index (χ3v) is 4.98. The molecule has 0 aromatic heterocycles. The van der Waals surface area contributed by atoms with E-state index in [2.05, 4.69) is 0 Å². The number of halogens is 1. The minimum absolute atomic E-state index is 0.0108. The zero-order valence-corrected chi connectivity index (χ0v) is 13.5. The Balaban J connectivity index is 2.04. The Hall–Kier alpha value is -2.25. The van der Waals surface area contributed by atoms with Crippen LogP contribution in [0.15, 0.2) is 53.4 Å². The first-order valence-electron chi connectivity index (χ1n) is 6.75. The monoisotopic (exact) mass is 337 g/mol. The topological polar surface area (TPSA) is 63.7 Å². The van der Waals surface area contributed by atoms with Gasteiger partial charge in [-0.15, -0.1) is 0 Å². The molecule has 2 aromatic rings. The molecule has 0 aliphatic carbocycles. The molecule has 0 radical (unpaired) electrons. The van der Waals surface area contributed by atoms with Crippen LogP contribution in [0.25, 0.3) is 0 Å². The summed E-state index contributed by atoms with van der Waals surface area (Å²) in [5.74, 6) is -0.944. The Labute approximate surface area is 134 Å². The van der Waals surface area contributed by atoms with E-state index in [-0.39, 0.29) is 22.9 Å². The van der Waals surface area contributed by atoms with Crippen LogP contribution in [0.4, 0.5) is 4.39 Å². The lowest BCUT2D eigenvalue weighted by atomic mass is 10.2. The molecule has 7 heteroatoms. The maximum Gasteiger partial charge on any atom is 0.338 e. The van der Waals surface area contributed by atoms with Crippen molar-refractivity contribution in [3.63, 3.8) is 0 Å². The van der Waals surface area contributed by atoms with Crippen molar-refractivity contribution in [1.29, 1.82) is 0 Å². The molecular formula is C16H16FNO4S. The molecule has 0 heterocycles. The van der Waals surface area contributed by atoms with Crippen LogP contribution in [-0.2, 0) is 21.4 Å². The van der Waals surface area contributed by atoms with Crippen molar-refractivity contribution in [3.8, 4) is 0 Å². The number of hydrogen-bond donors (Lipinski definition) is 0. The molecule has 5 nitrogen and oxygen atoms in total. The van der Waals surface area contributed by atoms with Crippen molar-refractivity contribution >= 4 is 16.0 Å². The number of esters is 1. The molecule has 0 saturated heterocycles. The van der Waals surface area contributed by atoms with Gasteiger partial charge >= 0.3 is 5.97 Å². The van der Waals surface area contributed by atoms with E-state index in [1.165, 1.54) is 62.6 Å². The second kappa shape index (κ2) is 6.89. The summed E-state index contributed by atoms with van der Waals surface area (Å²) >= 11 is 0. The Morgan fingerprint density at radius 1 is 1.04 bits per heavy atom. The minimum Gasteiger partial charge on any atom is -0.457 e. The standard InChI is InChI=1S/C16H16FNO4S/c1-18(2)23(20,21)15-9-5-13(6-10-15)16(19)22-11-12-3-7-14(17)8-4-12/h3-10H,11H2,1-2H3. The van der Waals surface area contributed by atoms with Crippen molar-refractivity contribution in [2.24, 2.45) is 0 Å². The van der Waals surface area contributed by atoms with Crippen LogP contribution < -0.4 is 0 Å². The Morgan fingerprint density at radius 2 is 1.61 bits per heavy atom. The predicted molar refractivity (Wildman–Crippen MR) is 82.8 cm³/mol. The molecular weight excluding hydrogens is 321 g/mol. The molecule has 0 spiro atoms. The smallest absolute Gasteiger partial charge is 0.338 e. The van der Waals surface area contributed by atoms with Crippen LogP contribution in [0.3, 0.4) is 0 Å². The van der Waals surface area contributed by atoms with Crippen LogP contribution >= 0.6 is 0 Å². The Morgan fingerprint density at radius 3 is 2.13 bits per heavy atom. The van der Waals surface area contributed by atoms with E-state index in [0.717, 1.165) is 4.31 Å². The lowest BCUT2D eigenvalue weighted by molar-refractivity contribution is 0.0472. The van der Waals surface area contributed by atoms with E-state index in [4.69, 9.17) is 4.74 Å². The van der Waals surface area contributed by atoms with Crippen LogP contribution in [0.5, 0.6) is 0 Å². The Bertz CT molecular complexity index is 784. The molecule has 23 heavy (non-hydrogen) atoms. The zero-order valence-electron chi connectivity index (χ0n) is 12.7. The number of benzene rings is 2. The number of sulfonamides is 1. The summed E-state index contributed by atoms with van der Waals surface area (Å²) in [7, 11) is -0.671. The quantitative estimate of drug-likeness (QED) is 0.786. The highest BCUT2D eigenvalue weighted by Crippen LogP contribution is 2.15. The van der Waals surface area contributed by atoms with E-state index in [0.29, 0.717) is 5.56 Å². The van der Waals surface area contributed by atoms with Crippen molar-refractivity contribution in [3.05, 3.63) is 65.5 Å².